The summed E-state index contributed by atoms with van der Waals surface area (Å²) in [7, 11) is 0. The molecule has 0 amide bonds. The second-order valence-electron chi connectivity index (χ2n) is 7.82. The summed E-state index contributed by atoms with van der Waals surface area (Å²) >= 11 is 0. The minimum Gasteiger partial charge on any atom is -0.464 e. The normalized spacial score (nSPS) is 29.4. The third-order valence-electron chi connectivity index (χ3n) is 6.33. The Labute approximate surface area is 147 Å². The van der Waals surface area contributed by atoms with Crippen LogP contribution >= 0.6 is 0 Å². The Morgan fingerprint density at radius 2 is 2.00 bits per heavy atom. The van der Waals surface area contributed by atoms with Gasteiger partial charge in [0.25, 0.3) is 5.56 Å². The Kier molecular flexibility index (Phi) is 3.79. The number of piperidine rings is 1. The lowest BCUT2D eigenvalue weighted by Crippen LogP contribution is -3.18. The molecule has 2 saturated heterocycles. The lowest BCUT2D eigenvalue weighted by molar-refractivity contribution is -0.937. The van der Waals surface area contributed by atoms with Crippen LogP contribution in [0.1, 0.15) is 30.9 Å². The molecule has 0 spiro atoms. The average Bonchev–Trinajstić information content (AvgIpc) is 3.18. The van der Waals surface area contributed by atoms with Crippen LogP contribution in [0.15, 0.2) is 39.7 Å². The van der Waals surface area contributed by atoms with Gasteiger partial charge in [-0.15, -0.1) is 0 Å². The van der Waals surface area contributed by atoms with E-state index in [2.05, 4.69) is 6.07 Å². The summed E-state index contributed by atoms with van der Waals surface area (Å²) in [5, 5.41) is 0. The van der Waals surface area contributed by atoms with Gasteiger partial charge >= 0.3 is 0 Å². The zero-order valence-corrected chi connectivity index (χ0v) is 14.4. The van der Waals surface area contributed by atoms with Gasteiger partial charge in [0, 0.05) is 36.9 Å². The van der Waals surface area contributed by atoms with E-state index in [1.165, 1.54) is 31.5 Å². The number of quaternary nitrogens is 1. The van der Waals surface area contributed by atoms with Gasteiger partial charge in [0.2, 0.25) is 0 Å². The molecule has 2 aromatic heterocycles. The molecule has 0 aliphatic carbocycles. The van der Waals surface area contributed by atoms with Gasteiger partial charge < -0.3 is 18.6 Å². The second kappa shape index (κ2) is 6.15. The largest absolute Gasteiger partial charge is 0.464 e. The van der Waals surface area contributed by atoms with Gasteiger partial charge in [-0.1, -0.05) is 0 Å². The first kappa shape index (κ1) is 15.4. The van der Waals surface area contributed by atoms with E-state index in [1.807, 2.05) is 22.8 Å². The van der Waals surface area contributed by atoms with Crippen molar-refractivity contribution in [2.45, 2.75) is 37.8 Å². The summed E-state index contributed by atoms with van der Waals surface area (Å²) < 4.78 is 13.0. The highest BCUT2D eigenvalue weighted by Gasteiger charge is 2.40. The highest BCUT2D eigenvalue weighted by atomic mass is 16.5. The quantitative estimate of drug-likeness (QED) is 0.895. The zero-order chi connectivity index (χ0) is 16.8. The molecule has 5 rings (SSSR count). The first-order valence-corrected chi connectivity index (χ1v) is 9.49. The van der Waals surface area contributed by atoms with Crippen molar-refractivity contribution < 1.29 is 14.1 Å². The molecule has 3 atom stereocenters. The molecule has 2 aromatic rings. The number of ether oxygens (including phenoxy) is 1. The van der Waals surface area contributed by atoms with Crippen LogP contribution in [0.3, 0.4) is 0 Å². The molecule has 25 heavy (non-hydrogen) atoms. The van der Waals surface area contributed by atoms with Crippen molar-refractivity contribution in [3.05, 3.63) is 46.6 Å². The lowest BCUT2D eigenvalue weighted by atomic mass is 9.82. The number of hydrogen-bond acceptors (Lipinski definition) is 3. The maximum Gasteiger partial charge on any atom is 0.261 e. The Bertz CT molecular complexity index is 805. The summed E-state index contributed by atoms with van der Waals surface area (Å²) in [4.78, 5) is 14.7. The van der Waals surface area contributed by atoms with E-state index in [0.717, 1.165) is 32.3 Å². The fraction of sp³-hybridized carbons (Fsp3) is 0.550. The summed E-state index contributed by atoms with van der Waals surface area (Å²) in [6, 6.07) is 8.55. The molecule has 0 aromatic carbocycles. The Morgan fingerprint density at radius 1 is 1.12 bits per heavy atom. The molecule has 5 heterocycles. The van der Waals surface area contributed by atoms with Crippen LogP contribution in [0.5, 0.6) is 0 Å². The van der Waals surface area contributed by atoms with Crippen LogP contribution in [0.2, 0.25) is 0 Å². The van der Waals surface area contributed by atoms with E-state index in [-0.39, 0.29) is 5.56 Å². The molecule has 2 fully saturated rings. The van der Waals surface area contributed by atoms with Gasteiger partial charge in [-0.05, 0) is 30.7 Å². The third-order valence-corrected chi connectivity index (χ3v) is 6.33. The van der Waals surface area contributed by atoms with Crippen molar-refractivity contribution in [1.82, 2.24) is 4.57 Å². The Hall–Kier alpha value is -1.85. The lowest BCUT2D eigenvalue weighted by Gasteiger charge is -2.44. The molecule has 2 bridgehead atoms. The van der Waals surface area contributed by atoms with Crippen LogP contribution in [0, 0.1) is 5.92 Å². The maximum absolute atomic E-state index is 13.0. The molecule has 1 unspecified atom stereocenters. The maximum atomic E-state index is 13.0. The monoisotopic (exact) mass is 341 g/mol. The van der Waals surface area contributed by atoms with Gasteiger partial charge in [-0.2, -0.15) is 0 Å². The minimum absolute atomic E-state index is 0.108. The molecule has 5 heteroatoms. The van der Waals surface area contributed by atoms with E-state index >= 15 is 0 Å². The number of pyridine rings is 1. The van der Waals surface area contributed by atoms with E-state index in [0.29, 0.717) is 23.2 Å². The molecule has 1 N–H and O–H groups in total. The number of furan rings is 1. The van der Waals surface area contributed by atoms with Crippen LogP contribution < -0.4 is 10.5 Å². The highest BCUT2D eigenvalue weighted by Crippen LogP contribution is 2.32. The number of fused-ring (bicyclic) bond motifs is 4. The first-order valence-electron chi connectivity index (χ1n) is 9.49. The number of rotatable bonds is 2. The summed E-state index contributed by atoms with van der Waals surface area (Å²) in [6.07, 6.45) is 5.22. The van der Waals surface area contributed by atoms with Crippen molar-refractivity contribution in [2.24, 2.45) is 5.92 Å². The summed E-state index contributed by atoms with van der Waals surface area (Å²) in [5.41, 5.74) is 2.01. The van der Waals surface area contributed by atoms with Crippen LogP contribution in [-0.4, -0.2) is 36.9 Å². The number of aromatic nitrogens is 1. The number of hydrogen-bond donors (Lipinski definition) is 1. The van der Waals surface area contributed by atoms with Gasteiger partial charge in [-0.3, -0.25) is 4.79 Å². The molecule has 3 aliphatic heterocycles. The van der Waals surface area contributed by atoms with Crippen molar-refractivity contribution in [1.29, 1.82) is 0 Å². The SMILES string of the molecule is O=c1c(-c2ccco2)ccc2n1C[C@H]1C[C@@H]2C[NH+](C2CCOCC2)C1. The highest BCUT2D eigenvalue weighted by molar-refractivity contribution is 5.56. The van der Waals surface area contributed by atoms with Crippen LogP contribution in [0.25, 0.3) is 11.3 Å². The van der Waals surface area contributed by atoms with E-state index < -0.39 is 0 Å². The fourth-order valence-corrected chi connectivity index (χ4v) is 5.16. The molecular formula is C20H25N2O3+. The van der Waals surface area contributed by atoms with Crippen LogP contribution in [0.4, 0.5) is 0 Å². The molecule has 132 valence electrons. The molecule has 5 nitrogen and oxygen atoms in total. The molecule has 0 radical (unpaired) electrons. The average molecular weight is 341 g/mol. The van der Waals surface area contributed by atoms with Crippen LogP contribution in [-0.2, 0) is 11.3 Å². The second-order valence-corrected chi connectivity index (χ2v) is 7.82. The summed E-state index contributed by atoms with van der Waals surface area (Å²) in [6.45, 7) is 5.02. The van der Waals surface area contributed by atoms with E-state index in [4.69, 9.17) is 9.15 Å². The third kappa shape index (κ3) is 2.66. The number of likely N-dealkylation sites (tertiary alicyclic amines) is 1. The standard InChI is InChI=1S/C20H24N2O3/c23-20-17(19-2-1-7-25-19)3-4-18-15-10-14(12-22(18)20)11-21(13-15)16-5-8-24-9-6-16/h1-4,7,14-16H,5-6,8-13H2/p+1/t14-,15+/m0/s1. The predicted molar refractivity (Wildman–Crippen MR) is 93.8 cm³/mol. The number of nitrogens with zero attached hydrogens (tertiary/aromatic N) is 1. The van der Waals surface area contributed by atoms with Crippen molar-refractivity contribution >= 4 is 0 Å². The number of nitrogens with one attached hydrogen (secondary N) is 1. The van der Waals surface area contributed by atoms with Gasteiger partial charge in [0.1, 0.15) is 5.76 Å². The fourth-order valence-electron chi connectivity index (χ4n) is 5.16. The van der Waals surface area contributed by atoms with Crippen molar-refractivity contribution in [3.63, 3.8) is 0 Å². The topological polar surface area (TPSA) is 48.8 Å². The van der Waals surface area contributed by atoms with Gasteiger partial charge in [-0.25, -0.2) is 0 Å². The first-order chi connectivity index (χ1) is 12.3. The Morgan fingerprint density at radius 3 is 2.80 bits per heavy atom. The minimum atomic E-state index is 0.108. The van der Waals surface area contributed by atoms with Gasteiger partial charge in [0.15, 0.2) is 0 Å². The zero-order valence-electron chi connectivity index (χ0n) is 14.4. The molecule has 3 aliphatic rings. The smallest absolute Gasteiger partial charge is 0.261 e. The van der Waals surface area contributed by atoms with Crippen molar-refractivity contribution in [3.8, 4) is 11.3 Å². The van der Waals surface area contributed by atoms with E-state index in [9.17, 15) is 4.79 Å². The van der Waals surface area contributed by atoms with Gasteiger partial charge in [0.05, 0.1) is 44.2 Å². The predicted octanol–water partition coefficient (Wildman–Crippen LogP) is 1.29. The summed E-state index contributed by atoms with van der Waals surface area (Å²) in [5.74, 6) is 1.78. The van der Waals surface area contributed by atoms with Crippen molar-refractivity contribution in [2.75, 3.05) is 26.3 Å². The molecule has 0 saturated carbocycles. The Balaban J connectivity index is 1.46. The molecular weight excluding hydrogens is 316 g/mol. The van der Waals surface area contributed by atoms with E-state index in [1.54, 1.807) is 11.2 Å².